The Kier molecular flexibility index (Phi) is 6.85. The quantitative estimate of drug-likeness (QED) is 0.817. The number of hydrogen-bond donors (Lipinski definition) is 1. The van der Waals surface area contributed by atoms with Gasteiger partial charge in [0.15, 0.2) is 0 Å². The lowest BCUT2D eigenvalue weighted by Crippen LogP contribution is -2.28. The molecule has 1 heterocycles. The summed E-state index contributed by atoms with van der Waals surface area (Å²) in [5.41, 5.74) is 1.16. The van der Waals surface area contributed by atoms with Crippen LogP contribution in [0.4, 0.5) is 0 Å². The lowest BCUT2D eigenvalue weighted by Gasteiger charge is -2.09. The highest BCUT2D eigenvalue weighted by atomic mass is 35.5. The number of methoxy groups -OCH3 is 1. The molecule has 2 rings (SSSR count). The number of hydrogen-bond acceptors (Lipinski definition) is 3. The fourth-order valence-electron chi connectivity index (χ4n) is 2.17. The van der Waals surface area contributed by atoms with Crippen LogP contribution in [0.5, 0.6) is 0 Å². The van der Waals surface area contributed by atoms with Gasteiger partial charge >= 0.3 is 0 Å². The van der Waals surface area contributed by atoms with E-state index in [2.05, 4.69) is 5.32 Å². The van der Waals surface area contributed by atoms with Gasteiger partial charge in [-0.05, 0) is 30.2 Å². The molecule has 0 bridgehead atoms. The highest BCUT2D eigenvalue weighted by Crippen LogP contribution is 2.21. The lowest BCUT2D eigenvalue weighted by molar-refractivity contribution is 0.0953. The van der Waals surface area contributed by atoms with Gasteiger partial charge in [-0.1, -0.05) is 29.3 Å². The number of aromatic nitrogens is 1. The van der Waals surface area contributed by atoms with E-state index in [4.69, 9.17) is 27.9 Å². The Balaban J connectivity index is 1.96. The number of rotatable bonds is 7. The molecule has 0 fully saturated rings. The minimum absolute atomic E-state index is 0.170. The number of carbonyl (C=O) groups excluding carboxylic acids is 1. The van der Waals surface area contributed by atoms with E-state index < -0.39 is 0 Å². The van der Waals surface area contributed by atoms with Crippen molar-refractivity contribution in [3.05, 3.63) is 68.1 Å². The molecule has 7 heteroatoms. The second kappa shape index (κ2) is 8.87. The van der Waals surface area contributed by atoms with Gasteiger partial charge in [0.05, 0.1) is 12.2 Å². The Labute approximate surface area is 150 Å². The van der Waals surface area contributed by atoms with Gasteiger partial charge in [-0.15, -0.1) is 0 Å². The molecule has 1 aromatic heterocycles. The zero-order valence-corrected chi connectivity index (χ0v) is 14.7. The molecule has 1 aromatic carbocycles. The zero-order valence-electron chi connectivity index (χ0n) is 13.2. The number of amides is 1. The van der Waals surface area contributed by atoms with Gasteiger partial charge in [-0.3, -0.25) is 9.59 Å². The normalized spacial score (nSPS) is 10.6. The fourth-order valence-corrected chi connectivity index (χ4v) is 2.67. The summed E-state index contributed by atoms with van der Waals surface area (Å²) in [6.07, 6.45) is 2.12. The van der Waals surface area contributed by atoms with Crippen molar-refractivity contribution in [3.63, 3.8) is 0 Å². The van der Waals surface area contributed by atoms with Crippen LogP contribution in [0.2, 0.25) is 10.0 Å². The molecule has 1 amide bonds. The molecule has 0 unspecified atom stereocenters. The van der Waals surface area contributed by atoms with Crippen LogP contribution in [0, 0.1) is 0 Å². The number of nitrogens with one attached hydrogen (secondary N) is 1. The summed E-state index contributed by atoms with van der Waals surface area (Å²) in [6, 6.07) is 8.15. The molecule has 0 atom stereocenters. The van der Waals surface area contributed by atoms with Crippen LogP contribution in [0.3, 0.4) is 0 Å². The van der Waals surface area contributed by atoms with E-state index >= 15 is 0 Å². The maximum atomic E-state index is 12.2. The first-order valence-electron chi connectivity index (χ1n) is 7.43. The first kappa shape index (κ1) is 18.5. The first-order chi connectivity index (χ1) is 11.5. The van der Waals surface area contributed by atoms with E-state index in [1.807, 2.05) is 6.07 Å². The van der Waals surface area contributed by atoms with Crippen LogP contribution in [-0.2, 0) is 17.7 Å². The van der Waals surface area contributed by atoms with Crippen molar-refractivity contribution in [2.45, 2.75) is 13.0 Å². The Morgan fingerprint density at radius 3 is 2.75 bits per heavy atom. The van der Waals surface area contributed by atoms with Crippen molar-refractivity contribution in [2.24, 2.45) is 0 Å². The molecule has 1 N–H and O–H groups in total. The van der Waals surface area contributed by atoms with Crippen molar-refractivity contribution in [2.75, 3.05) is 20.3 Å². The van der Waals surface area contributed by atoms with E-state index in [0.717, 1.165) is 5.56 Å². The topological polar surface area (TPSA) is 60.3 Å². The fraction of sp³-hybridized carbons (Fsp3) is 0.294. The van der Waals surface area contributed by atoms with Crippen LogP contribution >= 0.6 is 23.2 Å². The molecule has 2 aromatic rings. The molecule has 0 aliphatic heterocycles. The van der Waals surface area contributed by atoms with E-state index in [-0.39, 0.29) is 11.5 Å². The summed E-state index contributed by atoms with van der Waals surface area (Å²) in [5, 5.41) is 3.96. The average molecular weight is 369 g/mol. The summed E-state index contributed by atoms with van der Waals surface area (Å²) < 4.78 is 6.41. The second-order valence-corrected chi connectivity index (χ2v) is 6.03. The molecule has 0 aliphatic carbocycles. The predicted octanol–water partition coefficient (Wildman–Crippen LogP) is 2.77. The molecule has 0 saturated heterocycles. The molecule has 128 valence electrons. The van der Waals surface area contributed by atoms with Crippen molar-refractivity contribution < 1.29 is 9.53 Å². The summed E-state index contributed by atoms with van der Waals surface area (Å²) in [7, 11) is 1.56. The smallest absolute Gasteiger partial charge is 0.252 e. The maximum absolute atomic E-state index is 12.2. The predicted molar refractivity (Wildman–Crippen MR) is 95.1 cm³/mol. The number of pyridine rings is 1. The van der Waals surface area contributed by atoms with Gasteiger partial charge in [0.2, 0.25) is 0 Å². The zero-order chi connectivity index (χ0) is 17.5. The van der Waals surface area contributed by atoms with Gasteiger partial charge in [-0.2, -0.15) is 0 Å². The first-order valence-corrected chi connectivity index (χ1v) is 8.18. The van der Waals surface area contributed by atoms with E-state index in [1.54, 1.807) is 19.2 Å². The van der Waals surface area contributed by atoms with Crippen LogP contribution in [0.15, 0.2) is 41.3 Å². The van der Waals surface area contributed by atoms with Crippen molar-refractivity contribution in [3.8, 4) is 0 Å². The molecule has 0 aliphatic rings. The third kappa shape index (κ3) is 5.09. The summed E-state index contributed by atoms with van der Waals surface area (Å²) in [4.78, 5) is 23.9. The van der Waals surface area contributed by atoms with Crippen LogP contribution in [0.25, 0.3) is 0 Å². The summed E-state index contributed by atoms with van der Waals surface area (Å²) >= 11 is 12.0. The molecular formula is C17H18Cl2N2O3. The third-order valence-corrected chi connectivity index (χ3v) is 4.06. The van der Waals surface area contributed by atoms with E-state index in [1.165, 1.54) is 22.9 Å². The van der Waals surface area contributed by atoms with Crippen molar-refractivity contribution in [1.82, 2.24) is 9.88 Å². The minimum Gasteiger partial charge on any atom is -0.383 e. The lowest BCUT2D eigenvalue weighted by atomic mass is 10.1. The Bertz CT molecular complexity index is 775. The van der Waals surface area contributed by atoms with Gasteiger partial charge in [0.25, 0.3) is 11.5 Å². The van der Waals surface area contributed by atoms with E-state index in [0.29, 0.717) is 41.7 Å². The van der Waals surface area contributed by atoms with Crippen molar-refractivity contribution >= 4 is 29.1 Å². The largest absolute Gasteiger partial charge is 0.383 e. The number of carbonyl (C=O) groups is 1. The highest BCUT2D eigenvalue weighted by molar-refractivity contribution is 6.35. The third-order valence-electron chi connectivity index (χ3n) is 3.48. The van der Waals surface area contributed by atoms with Crippen molar-refractivity contribution in [1.29, 1.82) is 0 Å². The highest BCUT2D eigenvalue weighted by Gasteiger charge is 2.08. The summed E-state index contributed by atoms with van der Waals surface area (Å²) in [6.45, 7) is 1.23. The number of nitrogens with zero attached hydrogens (tertiary/aromatic N) is 1. The average Bonchev–Trinajstić information content (AvgIpc) is 2.56. The molecule has 24 heavy (non-hydrogen) atoms. The Morgan fingerprint density at radius 2 is 2.04 bits per heavy atom. The van der Waals surface area contributed by atoms with Gasteiger partial charge in [-0.25, -0.2) is 0 Å². The Hall–Kier alpha value is -1.82. The molecule has 0 saturated carbocycles. The van der Waals surface area contributed by atoms with Gasteiger partial charge in [0.1, 0.15) is 0 Å². The van der Waals surface area contributed by atoms with Gasteiger partial charge in [0, 0.05) is 42.5 Å². The van der Waals surface area contributed by atoms with Gasteiger partial charge < -0.3 is 14.6 Å². The number of ether oxygens (including phenoxy) is 1. The minimum atomic E-state index is -0.244. The second-order valence-electron chi connectivity index (χ2n) is 5.18. The maximum Gasteiger partial charge on any atom is 0.252 e. The Morgan fingerprint density at radius 1 is 1.25 bits per heavy atom. The molecular weight excluding hydrogens is 351 g/mol. The standard InChI is InChI=1S/C17H18Cl2N2O3/c1-24-9-8-21-11-13(3-5-16(21)22)17(23)20-7-6-12-2-4-14(18)10-15(12)19/h2-5,10-11H,6-9H2,1H3,(H,20,23). The molecule has 0 spiro atoms. The molecule has 5 nitrogen and oxygen atoms in total. The number of halogens is 2. The molecule has 0 radical (unpaired) electrons. The monoisotopic (exact) mass is 368 g/mol. The summed E-state index contributed by atoms with van der Waals surface area (Å²) in [5.74, 6) is -0.244. The van der Waals surface area contributed by atoms with Crippen LogP contribution < -0.4 is 10.9 Å². The van der Waals surface area contributed by atoms with E-state index in [9.17, 15) is 9.59 Å². The number of benzene rings is 1. The SMILES string of the molecule is COCCn1cc(C(=O)NCCc2ccc(Cl)cc2Cl)ccc1=O. The van der Waals surface area contributed by atoms with Crippen LogP contribution in [-0.4, -0.2) is 30.7 Å². The van der Waals surface area contributed by atoms with Crippen LogP contribution in [0.1, 0.15) is 15.9 Å².